The van der Waals surface area contributed by atoms with Gasteiger partial charge in [-0.15, -0.1) is 0 Å². The zero-order valence-corrected chi connectivity index (χ0v) is 16.1. The smallest absolute Gasteiger partial charge is 0.225 e. The molecule has 0 aliphatic rings. The van der Waals surface area contributed by atoms with Gasteiger partial charge in [0, 0.05) is 25.2 Å². The van der Waals surface area contributed by atoms with Crippen LogP contribution in [0.4, 0.5) is 10.1 Å². The van der Waals surface area contributed by atoms with E-state index in [1.54, 1.807) is 7.11 Å². The number of carbonyl (C=O) groups is 1. The highest BCUT2D eigenvalue weighted by atomic mass is 32.2. The van der Waals surface area contributed by atoms with Crippen LogP contribution >= 0.6 is 0 Å². The molecule has 1 N–H and O–H groups in total. The van der Waals surface area contributed by atoms with Gasteiger partial charge in [-0.1, -0.05) is 18.2 Å². The van der Waals surface area contributed by atoms with Crippen LogP contribution in [0.25, 0.3) is 0 Å². The third-order valence-corrected chi connectivity index (χ3v) is 5.31. The van der Waals surface area contributed by atoms with E-state index in [4.69, 9.17) is 4.74 Å². The molecule has 0 atom stereocenters. The third-order valence-electron chi connectivity index (χ3n) is 4.01. The van der Waals surface area contributed by atoms with Crippen molar-refractivity contribution in [2.75, 3.05) is 31.8 Å². The Kier molecular flexibility index (Phi) is 7.32. The van der Waals surface area contributed by atoms with E-state index in [0.29, 0.717) is 17.9 Å². The zero-order valence-electron chi connectivity index (χ0n) is 15.3. The average Bonchev–Trinajstić information content (AvgIpc) is 2.62. The van der Waals surface area contributed by atoms with Gasteiger partial charge in [0.05, 0.1) is 13.4 Å². The molecule has 2 rings (SSSR count). The molecule has 6 nitrogen and oxygen atoms in total. The molecule has 0 saturated carbocycles. The van der Waals surface area contributed by atoms with Gasteiger partial charge in [0.2, 0.25) is 15.9 Å². The first kappa shape index (κ1) is 20.9. The monoisotopic (exact) mass is 394 g/mol. The van der Waals surface area contributed by atoms with Crippen LogP contribution in [0.15, 0.2) is 48.5 Å². The van der Waals surface area contributed by atoms with Crippen molar-refractivity contribution in [2.45, 2.75) is 12.8 Å². The standard InChI is InChI=1S/C19H23FN2O4S/c1-26-18-6-4-3-5-15(18)11-13-22(27(2,24)25)14-12-19(23)21-17-9-7-16(20)8-10-17/h3-10H,11-14H2,1-2H3,(H,21,23). The molecule has 27 heavy (non-hydrogen) atoms. The summed E-state index contributed by atoms with van der Waals surface area (Å²) in [5, 5.41) is 2.62. The van der Waals surface area contributed by atoms with E-state index >= 15 is 0 Å². The first-order valence-electron chi connectivity index (χ1n) is 8.42. The number of ether oxygens (including phenoxy) is 1. The van der Waals surface area contributed by atoms with Gasteiger partial charge < -0.3 is 10.1 Å². The number of halogens is 1. The molecule has 1 amide bonds. The fraction of sp³-hybridized carbons (Fsp3) is 0.316. The number of amides is 1. The van der Waals surface area contributed by atoms with Gasteiger partial charge in [-0.25, -0.2) is 17.1 Å². The number of rotatable bonds is 9. The van der Waals surface area contributed by atoms with Crippen LogP contribution in [-0.2, 0) is 21.2 Å². The van der Waals surface area contributed by atoms with Crippen molar-refractivity contribution in [1.29, 1.82) is 0 Å². The average molecular weight is 394 g/mol. The first-order valence-corrected chi connectivity index (χ1v) is 10.3. The molecule has 0 bridgehead atoms. The van der Waals surface area contributed by atoms with Crippen LogP contribution in [0.2, 0.25) is 0 Å². The molecular formula is C19H23FN2O4S. The minimum absolute atomic E-state index is 0.00360. The van der Waals surface area contributed by atoms with E-state index in [0.717, 1.165) is 11.8 Å². The summed E-state index contributed by atoms with van der Waals surface area (Å²) in [7, 11) is -1.90. The summed E-state index contributed by atoms with van der Waals surface area (Å²) in [5.74, 6) is -0.0415. The van der Waals surface area contributed by atoms with Gasteiger partial charge in [0.1, 0.15) is 11.6 Å². The van der Waals surface area contributed by atoms with Gasteiger partial charge in [-0.3, -0.25) is 4.79 Å². The van der Waals surface area contributed by atoms with E-state index in [1.807, 2.05) is 24.3 Å². The van der Waals surface area contributed by atoms with Crippen molar-refractivity contribution < 1.29 is 22.3 Å². The molecule has 0 aliphatic carbocycles. The van der Waals surface area contributed by atoms with Crippen molar-refractivity contribution in [2.24, 2.45) is 0 Å². The van der Waals surface area contributed by atoms with Crippen molar-refractivity contribution in [3.63, 3.8) is 0 Å². The van der Waals surface area contributed by atoms with Crippen LogP contribution < -0.4 is 10.1 Å². The summed E-state index contributed by atoms with van der Waals surface area (Å²) in [5.41, 5.74) is 1.35. The molecule has 0 aliphatic heterocycles. The molecule has 8 heteroatoms. The molecule has 0 heterocycles. The number of nitrogens with zero attached hydrogens (tertiary/aromatic N) is 1. The Morgan fingerprint density at radius 2 is 1.78 bits per heavy atom. The Hall–Kier alpha value is -2.45. The molecule has 146 valence electrons. The Balaban J connectivity index is 1.94. The Labute approximate surface area is 159 Å². The van der Waals surface area contributed by atoms with Crippen molar-refractivity contribution in [3.05, 3.63) is 59.9 Å². The fourth-order valence-corrected chi connectivity index (χ4v) is 3.43. The number of hydrogen-bond donors (Lipinski definition) is 1. The number of para-hydroxylation sites is 1. The Bertz CT molecular complexity index is 870. The van der Waals surface area contributed by atoms with E-state index in [9.17, 15) is 17.6 Å². The fourth-order valence-electron chi connectivity index (χ4n) is 2.58. The van der Waals surface area contributed by atoms with Gasteiger partial charge in [-0.2, -0.15) is 0 Å². The maximum Gasteiger partial charge on any atom is 0.225 e. The van der Waals surface area contributed by atoms with E-state index in [2.05, 4.69) is 5.32 Å². The number of anilines is 1. The summed E-state index contributed by atoms with van der Waals surface area (Å²) in [6, 6.07) is 12.8. The second-order valence-corrected chi connectivity index (χ2v) is 8.01. The lowest BCUT2D eigenvalue weighted by molar-refractivity contribution is -0.116. The predicted octanol–water partition coefficient (Wildman–Crippen LogP) is 2.67. The number of sulfonamides is 1. The minimum Gasteiger partial charge on any atom is -0.496 e. The summed E-state index contributed by atoms with van der Waals surface area (Å²) >= 11 is 0. The maximum atomic E-state index is 12.9. The van der Waals surface area contributed by atoms with Gasteiger partial charge >= 0.3 is 0 Å². The molecule has 0 spiro atoms. The Morgan fingerprint density at radius 3 is 2.41 bits per heavy atom. The highest BCUT2D eigenvalue weighted by Gasteiger charge is 2.18. The third kappa shape index (κ3) is 6.65. The van der Waals surface area contributed by atoms with Gasteiger partial charge in [0.25, 0.3) is 0 Å². The van der Waals surface area contributed by atoms with Crippen LogP contribution in [0, 0.1) is 5.82 Å². The van der Waals surface area contributed by atoms with Crippen molar-refractivity contribution in [1.82, 2.24) is 4.31 Å². The SMILES string of the molecule is COc1ccccc1CCN(CCC(=O)Nc1ccc(F)cc1)S(C)(=O)=O. The van der Waals surface area contributed by atoms with Crippen LogP contribution in [0.1, 0.15) is 12.0 Å². The van der Waals surface area contributed by atoms with Crippen molar-refractivity contribution >= 4 is 21.6 Å². The molecule has 0 aromatic heterocycles. The summed E-state index contributed by atoms with van der Waals surface area (Å²) in [4.78, 5) is 12.1. The van der Waals surface area contributed by atoms with E-state index < -0.39 is 15.8 Å². The lowest BCUT2D eigenvalue weighted by atomic mass is 10.1. The number of carbonyl (C=O) groups excluding carboxylic acids is 1. The van der Waals surface area contributed by atoms with Gasteiger partial charge in [0.15, 0.2) is 0 Å². The summed E-state index contributed by atoms with van der Waals surface area (Å²) in [6.07, 6.45) is 1.58. The molecule has 2 aromatic rings. The lowest BCUT2D eigenvalue weighted by Crippen LogP contribution is -2.34. The lowest BCUT2D eigenvalue weighted by Gasteiger charge is -2.20. The number of methoxy groups -OCH3 is 1. The molecular weight excluding hydrogens is 371 g/mol. The van der Waals surface area contributed by atoms with Crippen LogP contribution in [-0.4, -0.2) is 45.1 Å². The Morgan fingerprint density at radius 1 is 1.11 bits per heavy atom. The molecule has 2 aromatic carbocycles. The highest BCUT2D eigenvalue weighted by molar-refractivity contribution is 7.88. The van der Waals surface area contributed by atoms with Crippen molar-refractivity contribution in [3.8, 4) is 5.75 Å². The van der Waals surface area contributed by atoms with Crippen LogP contribution in [0.3, 0.4) is 0 Å². The molecule has 0 unspecified atom stereocenters. The molecule has 0 fully saturated rings. The highest BCUT2D eigenvalue weighted by Crippen LogP contribution is 2.18. The largest absolute Gasteiger partial charge is 0.496 e. The first-order chi connectivity index (χ1) is 12.8. The maximum absolute atomic E-state index is 12.9. The van der Waals surface area contributed by atoms with E-state index in [-0.39, 0.29) is 25.4 Å². The summed E-state index contributed by atoms with van der Waals surface area (Å²) < 4.78 is 43.5. The number of hydrogen-bond acceptors (Lipinski definition) is 4. The van der Waals surface area contributed by atoms with E-state index in [1.165, 1.54) is 28.6 Å². The summed E-state index contributed by atoms with van der Waals surface area (Å²) in [6.45, 7) is 0.296. The predicted molar refractivity (Wildman–Crippen MR) is 103 cm³/mol. The zero-order chi connectivity index (χ0) is 19.9. The molecule has 0 radical (unpaired) electrons. The number of benzene rings is 2. The quantitative estimate of drug-likeness (QED) is 0.710. The second kappa shape index (κ2) is 9.48. The topological polar surface area (TPSA) is 75.7 Å². The van der Waals surface area contributed by atoms with Crippen LogP contribution in [0.5, 0.6) is 5.75 Å². The normalized spacial score (nSPS) is 11.4. The minimum atomic E-state index is -3.47. The number of nitrogens with one attached hydrogen (secondary N) is 1. The second-order valence-electron chi connectivity index (χ2n) is 6.03. The van der Waals surface area contributed by atoms with Gasteiger partial charge in [-0.05, 0) is 42.3 Å². The molecule has 0 saturated heterocycles.